The monoisotopic (exact) mass is 384 g/mol. The maximum atomic E-state index is 12.6. The zero-order valence-corrected chi connectivity index (χ0v) is 17.2. The van der Waals surface area contributed by atoms with Crippen molar-refractivity contribution in [2.24, 2.45) is 10.9 Å². The van der Waals surface area contributed by atoms with Crippen LogP contribution in [0.3, 0.4) is 0 Å². The number of rotatable bonds is 7. The zero-order valence-electron chi connectivity index (χ0n) is 17.2. The van der Waals surface area contributed by atoms with Crippen molar-refractivity contribution in [3.8, 4) is 11.5 Å². The minimum Gasteiger partial charge on any atom is -0.493 e. The smallest absolute Gasteiger partial charge is 0.315 e. The molecule has 0 aromatic heterocycles. The Morgan fingerprint density at radius 3 is 2.30 bits per heavy atom. The maximum absolute atomic E-state index is 12.6. The summed E-state index contributed by atoms with van der Waals surface area (Å²) in [6, 6.07) is 4.23. The SMILES string of the molecule is CCOc1cc(C(C(=O)OC(C)(C)C)C(N)C=NO)ccc1OC.COC. The van der Waals surface area contributed by atoms with Gasteiger partial charge in [-0.05, 0) is 45.4 Å². The van der Waals surface area contributed by atoms with Gasteiger partial charge in [-0.25, -0.2) is 0 Å². The van der Waals surface area contributed by atoms with Crippen LogP contribution in [0.5, 0.6) is 11.5 Å². The van der Waals surface area contributed by atoms with Gasteiger partial charge < -0.3 is 29.9 Å². The number of ether oxygens (including phenoxy) is 4. The lowest BCUT2D eigenvalue weighted by Crippen LogP contribution is -2.39. The molecule has 0 aliphatic carbocycles. The van der Waals surface area contributed by atoms with Gasteiger partial charge in [0.05, 0.1) is 26.0 Å². The van der Waals surface area contributed by atoms with Gasteiger partial charge in [0.2, 0.25) is 0 Å². The second kappa shape index (κ2) is 12.1. The molecule has 0 amide bonds. The normalized spacial score (nSPS) is 13.3. The highest BCUT2D eigenvalue weighted by Crippen LogP contribution is 2.32. The van der Waals surface area contributed by atoms with Crippen molar-refractivity contribution in [3.05, 3.63) is 23.8 Å². The number of carbonyl (C=O) groups excluding carboxylic acids is 1. The molecule has 0 heterocycles. The van der Waals surface area contributed by atoms with Crippen LogP contribution >= 0.6 is 0 Å². The Kier molecular flexibility index (Phi) is 11.1. The van der Waals surface area contributed by atoms with E-state index in [2.05, 4.69) is 9.89 Å². The topological polar surface area (TPSA) is 113 Å². The lowest BCUT2D eigenvalue weighted by atomic mass is 9.92. The number of nitrogens with zero attached hydrogens (tertiary/aromatic N) is 1. The van der Waals surface area contributed by atoms with Gasteiger partial charge in [0.1, 0.15) is 11.5 Å². The molecule has 8 heteroatoms. The van der Waals surface area contributed by atoms with Crippen molar-refractivity contribution in [3.63, 3.8) is 0 Å². The Bertz CT molecular complexity index is 598. The van der Waals surface area contributed by atoms with E-state index in [4.69, 9.17) is 25.2 Å². The number of methoxy groups -OCH3 is 2. The van der Waals surface area contributed by atoms with Gasteiger partial charge in [-0.2, -0.15) is 0 Å². The van der Waals surface area contributed by atoms with E-state index in [1.807, 2.05) is 6.92 Å². The molecule has 1 aromatic carbocycles. The van der Waals surface area contributed by atoms with Gasteiger partial charge in [-0.1, -0.05) is 6.07 Å². The van der Waals surface area contributed by atoms with Crippen LogP contribution < -0.4 is 15.2 Å². The lowest BCUT2D eigenvalue weighted by molar-refractivity contribution is -0.156. The third kappa shape index (κ3) is 8.74. The van der Waals surface area contributed by atoms with Gasteiger partial charge in [0.15, 0.2) is 11.5 Å². The number of benzene rings is 1. The van der Waals surface area contributed by atoms with Crippen LogP contribution in [0.4, 0.5) is 0 Å². The molecule has 0 bridgehead atoms. The summed E-state index contributed by atoms with van der Waals surface area (Å²) in [7, 11) is 4.78. The third-order valence-electron chi connectivity index (χ3n) is 3.13. The summed E-state index contributed by atoms with van der Waals surface area (Å²) in [5, 5.41) is 11.7. The van der Waals surface area contributed by atoms with Gasteiger partial charge in [0.25, 0.3) is 0 Å². The van der Waals surface area contributed by atoms with E-state index in [1.54, 1.807) is 53.2 Å². The molecule has 0 fully saturated rings. The molecule has 2 unspecified atom stereocenters. The molecule has 0 spiro atoms. The summed E-state index contributed by atoms with van der Waals surface area (Å²) in [6.07, 6.45) is 1.10. The summed E-state index contributed by atoms with van der Waals surface area (Å²) in [4.78, 5) is 12.6. The van der Waals surface area contributed by atoms with Crippen LogP contribution in [0.2, 0.25) is 0 Å². The molecule has 2 atom stereocenters. The number of nitrogens with two attached hydrogens (primary N) is 1. The molecule has 0 aliphatic rings. The predicted octanol–water partition coefficient (Wildman–Crippen LogP) is 2.57. The van der Waals surface area contributed by atoms with Crippen molar-refractivity contribution in [1.29, 1.82) is 0 Å². The maximum Gasteiger partial charge on any atom is 0.315 e. The van der Waals surface area contributed by atoms with Crippen LogP contribution in [0.1, 0.15) is 39.2 Å². The van der Waals surface area contributed by atoms with Crippen LogP contribution in [0, 0.1) is 0 Å². The van der Waals surface area contributed by atoms with Crippen LogP contribution in [0.15, 0.2) is 23.4 Å². The first-order valence-corrected chi connectivity index (χ1v) is 8.51. The van der Waals surface area contributed by atoms with Crippen LogP contribution in [-0.2, 0) is 14.3 Å². The Labute approximate surface area is 161 Å². The fraction of sp³-hybridized carbons (Fsp3) is 0.579. The standard InChI is InChI=1S/C17H26N2O5.C2H6O/c1-6-23-14-9-11(7-8-13(14)22-5)15(12(18)10-19-21)16(20)24-17(2,3)4;1-3-2/h7-10,12,15,21H,6,18H2,1-5H3;1-2H3. The quantitative estimate of drug-likeness (QED) is 0.321. The minimum absolute atomic E-state index is 0.446. The fourth-order valence-corrected chi connectivity index (χ4v) is 2.20. The minimum atomic E-state index is -0.854. The summed E-state index contributed by atoms with van der Waals surface area (Å²) >= 11 is 0. The fourth-order valence-electron chi connectivity index (χ4n) is 2.20. The summed E-state index contributed by atoms with van der Waals surface area (Å²) < 4.78 is 20.5. The van der Waals surface area contributed by atoms with Gasteiger partial charge in [-0.3, -0.25) is 4.79 Å². The number of hydrogen-bond acceptors (Lipinski definition) is 8. The average Bonchev–Trinajstić information content (AvgIpc) is 2.55. The second-order valence-corrected chi connectivity index (χ2v) is 6.60. The molecule has 27 heavy (non-hydrogen) atoms. The number of oxime groups is 1. The van der Waals surface area contributed by atoms with Gasteiger partial charge in [-0.15, -0.1) is 5.16 Å². The number of hydrogen-bond donors (Lipinski definition) is 2. The molecule has 3 N–H and O–H groups in total. The first kappa shape index (κ1) is 24.7. The predicted molar refractivity (Wildman–Crippen MR) is 104 cm³/mol. The highest BCUT2D eigenvalue weighted by Gasteiger charge is 2.32. The molecule has 8 nitrogen and oxygen atoms in total. The first-order valence-electron chi connectivity index (χ1n) is 8.51. The van der Waals surface area contributed by atoms with E-state index in [1.165, 1.54) is 7.11 Å². The van der Waals surface area contributed by atoms with Crippen molar-refractivity contribution >= 4 is 12.2 Å². The van der Waals surface area contributed by atoms with E-state index >= 15 is 0 Å². The number of carbonyl (C=O) groups is 1. The van der Waals surface area contributed by atoms with Gasteiger partial charge in [0, 0.05) is 14.2 Å². The zero-order chi connectivity index (χ0) is 21.0. The van der Waals surface area contributed by atoms with Crippen molar-refractivity contribution in [1.82, 2.24) is 0 Å². The van der Waals surface area contributed by atoms with E-state index < -0.39 is 23.5 Å². The molecular weight excluding hydrogens is 352 g/mol. The summed E-state index contributed by atoms with van der Waals surface area (Å²) in [5.41, 5.74) is 5.91. The molecule has 0 saturated carbocycles. The Morgan fingerprint density at radius 2 is 1.85 bits per heavy atom. The molecule has 1 aromatic rings. The highest BCUT2D eigenvalue weighted by atomic mass is 16.6. The van der Waals surface area contributed by atoms with Crippen molar-refractivity contribution in [2.75, 3.05) is 27.9 Å². The van der Waals surface area contributed by atoms with E-state index in [9.17, 15) is 4.79 Å². The van der Waals surface area contributed by atoms with Crippen LogP contribution in [-0.4, -0.2) is 57.0 Å². The molecule has 0 saturated heterocycles. The average molecular weight is 384 g/mol. The Morgan fingerprint density at radius 1 is 1.26 bits per heavy atom. The highest BCUT2D eigenvalue weighted by molar-refractivity contribution is 5.85. The molecule has 1 rings (SSSR count). The Hall–Kier alpha value is -2.32. The van der Waals surface area contributed by atoms with Gasteiger partial charge >= 0.3 is 5.97 Å². The second-order valence-electron chi connectivity index (χ2n) is 6.60. The number of esters is 1. The molecule has 0 aliphatic heterocycles. The lowest BCUT2D eigenvalue weighted by Gasteiger charge is -2.26. The summed E-state index contributed by atoms with van der Waals surface area (Å²) in [5.74, 6) is -0.306. The Balaban J connectivity index is 0.00000210. The molecule has 0 radical (unpaired) electrons. The van der Waals surface area contributed by atoms with Crippen molar-refractivity contribution in [2.45, 2.75) is 45.3 Å². The van der Waals surface area contributed by atoms with Crippen molar-refractivity contribution < 1.29 is 28.9 Å². The molecule has 154 valence electrons. The first-order chi connectivity index (χ1) is 12.6. The van der Waals surface area contributed by atoms with E-state index in [-0.39, 0.29) is 0 Å². The van der Waals surface area contributed by atoms with E-state index in [0.717, 1.165) is 6.21 Å². The van der Waals surface area contributed by atoms with Crippen LogP contribution in [0.25, 0.3) is 0 Å². The summed E-state index contributed by atoms with van der Waals surface area (Å²) in [6.45, 7) is 7.61. The molecular formula is C19H32N2O6. The van der Waals surface area contributed by atoms with E-state index in [0.29, 0.717) is 23.7 Å². The largest absolute Gasteiger partial charge is 0.493 e. The third-order valence-corrected chi connectivity index (χ3v) is 3.13.